The Hall–Kier alpha value is -2.88. The van der Waals surface area contributed by atoms with Crippen LogP contribution in [0.1, 0.15) is 54.7 Å². The number of piperidine rings is 1. The van der Waals surface area contributed by atoms with Gasteiger partial charge in [-0.05, 0) is 85.8 Å². The lowest BCUT2D eigenvalue weighted by atomic mass is 9.92. The van der Waals surface area contributed by atoms with Crippen molar-refractivity contribution in [3.05, 3.63) is 65.2 Å². The molecule has 2 unspecified atom stereocenters. The van der Waals surface area contributed by atoms with Gasteiger partial charge in [-0.2, -0.15) is 0 Å². The minimum atomic E-state index is -0.402. The molecule has 37 heavy (non-hydrogen) atoms. The average molecular weight is 522 g/mol. The van der Waals surface area contributed by atoms with Crippen molar-refractivity contribution in [2.24, 2.45) is 28.1 Å². The van der Waals surface area contributed by atoms with Crippen LogP contribution in [0.25, 0.3) is 0 Å². The first-order chi connectivity index (χ1) is 17.9. The molecule has 1 saturated heterocycles. The van der Waals surface area contributed by atoms with Crippen molar-refractivity contribution in [3.63, 3.8) is 0 Å². The largest absolute Gasteiger partial charge is 0.387 e. The summed E-state index contributed by atoms with van der Waals surface area (Å²) in [7, 11) is 0. The van der Waals surface area contributed by atoms with Gasteiger partial charge in [-0.15, -0.1) is 0 Å². The monoisotopic (exact) mass is 521 g/mol. The second-order valence-electron chi connectivity index (χ2n) is 10.1. The molecular weight excluding hydrogens is 482 g/mol. The number of carbonyl (C=O) groups is 1. The van der Waals surface area contributed by atoms with Gasteiger partial charge < -0.3 is 22.1 Å². The molecule has 8 nitrogen and oxygen atoms in total. The fourth-order valence-electron chi connectivity index (χ4n) is 5.14. The average Bonchev–Trinajstić information content (AvgIpc) is 2.92. The van der Waals surface area contributed by atoms with E-state index in [0.29, 0.717) is 30.4 Å². The minimum Gasteiger partial charge on any atom is -0.387 e. The molecule has 1 fully saturated rings. The predicted molar refractivity (Wildman–Crippen MR) is 152 cm³/mol. The number of benzene rings is 2. The predicted octanol–water partition coefficient (Wildman–Crippen LogP) is 3.00. The zero-order valence-corrected chi connectivity index (χ0v) is 22.2. The number of amides is 1. The topological polar surface area (TPSA) is 147 Å². The molecule has 2 aliphatic heterocycles. The van der Waals surface area contributed by atoms with E-state index in [0.717, 1.165) is 68.0 Å². The molecule has 198 valence electrons. The number of hydrogen-bond donors (Lipinski definition) is 5. The maximum absolute atomic E-state index is 13.7. The first-order valence-corrected chi connectivity index (χ1v) is 14.0. The summed E-state index contributed by atoms with van der Waals surface area (Å²) in [5, 5.41) is 7.78. The molecule has 0 spiro atoms. The lowest BCUT2D eigenvalue weighted by Crippen LogP contribution is -2.48. The summed E-state index contributed by atoms with van der Waals surface area (Å²) in [5.74, 6) is 1.85. The fourth-order valence-corrected chi connectivity index (χ4v) is 5.95. The van der Waals surface area contributed by atoms with Gasteiger partial charge in [0.1, 0.15) is 11.9 Å². The van der Waals surface area contributed by atoms with Gasteiger partial charge >= 0.3 is 0 Å². The summed E-state index contributed by atoms with van der Waals surface area (Å²) >= 11 is 1.50. The number of nitrogen functional groups attached to an aromatic ring is 1. The number of rotatable bonds is 10. The second kappa shape index (κ2) is 13.1. The summed E-state index contributed by atoms with van der Waals surface area (Å²) in [6.45, 7) is 2.95. The van der Waals surface area contributed by atoms with E-state index in [1.807, 2.05) is 29.2 Å². The number of carbonyl (C=O) groups excluding carboxylic acids is 1. The summed E-state index contributed by atoms with van der Waals surface area (Å²) in [5.41, 5.74) is 20.2. The number of amidine groups is 2. The van der Waals surface area contributed by atoms with Crippen LogP contribution >= 0.6 is 11.9 Å². The van der Waals surface area contributed by atoms with Crippen molar-refractivity contribution in [2.45, 2.75) is 55.4 Å². The van der Waals surface area contributed by atoms with E-state index in [4.69, 9.17) is 22.6 Å². The van der Waals surface area contributed by atoms with Crippen LogP contribution in [0.5, 0.6) is 0 Å². The van der Waals surface area contributed by atoms with Gasteiger partial charge in [-0.3, -0.25) is 15.2 Å². The quantitative estimate of drug-likeness (QED) is 0.184. The van der Waals surface area contributed by atoms with Gasteiger partial charge in [0.05, 0.1) is 5.84 Å². The summed E-state index contributed by atoms with van der Waals surface area (Å²) < 4.78 is 3.48. The smallest absolute Gasteiger partial charge is 0.240 e. The van der Waals surface area contributed by atoms with Crippen molar-refractivity contribution in [1.29, 1.82) is 5.41 Å². The van der Waals surface area contributed by atoms with E-state index >= 15 is 0 Å². The highest BCUT2D eigenvalue weighted by Gasteiger charge is 2.28. The number of nitrogens with one attached hydrogen (secondary N) is 2. The van der Waals surface area contributed by atoms with E-state index in [2.05, 4.69) is 34.0 Å². The number of likely N-dealkylation sites (tertiary alicyclic amines) is 1. The number of hydrogen-bond acceptors (Lipinski definition) is 7. The molecule has 4 rings (SSSR count). The van der Waals surface area contributed by atoms with Crippen LogP contribution in [-0.2, 0) is 11.2 Å². The molecule has 1 amide bonds. The Labute approximate surface area is 224 Å². The molecule has 0 bridgehead atoms. The summed E-state index contributed by atoms with van der Waals surface area (Å²) in [6, 6.07) is 15.7. The van der Waals surface area contributed by atoms with Gasteiger partial charge in [0.2, 0.25) is 5.91 Å². The van der Waals surface area contributed by atoms with Crippen LogP contribution in [0.15, 0.2) is 58.4 Å². The zero-order valence-electron chi connectivity index (χ0n) is 21.4. The fraction of sp³-hybridized carbons (Fsp3) is 0.464. The van der Waals surface area contributed by atoms with E-state index in [1.165, 1.54) is 17.5 Å². The molecule has 2 atom stereocenters. The number of nitrogens with zero attached hydrogens (tertiary/aromatic N) is 2. The number of nitrogens with two attached hydrogens (primary N) is 3. The molecule has 9 heteroatoms. The Morgan fingerprint density at radius 2 is 1.95 bits per heavy atom. The Kier molecular flexibility index (Phi) is 9.60. The summed E-state index contributed by atoms with van der Waals surface area (Å²) in [4.78, 5) is 21.2. The summed E-state index contributed by atoms with van der Waals surface area (Å²) in [6.07, 6.45) is 5.37. The zero-order chi connectivity index (χ0) is 26.2. The molecule has 0 aromatic heterocycles. The van der Waals surface area contributed by atoms with Gasteiger partial charge in [-0.25, -0.2) is 4.72 Å². The van der Waals surface area contributed by atoms with E-state index in [1.54, 1.807) is 0 Å². The third-order valence-corrected chi connectivity index (χ3v) is 8.28. The van der Waals surface area contributed by atoms with Crippen molar-refractivity contribution in [1.82, 2.24) is 9.62 Å². The molecule has 2 heterocycles. The third-order valence-electron chi connectivity index (χ3n) is 7.39. The van der Waals surface area contributed by atoms with Gasteiger partial charge in [0.25, 0.3) is 0 Å². The Morgan fingerprint density at radius 3 is 2.65 bits per heavy atom. The van der Waals surface area contributed by atoms with Crippen molar-refractivity contribution >= 4 is 29.5 Å². The first kappa shape index (κ1) is 27.2. The highest BCUT2D eigenvalue weighted by atomic mass is 32.2. The third kappa shape index (κ3) is 7.56. The Morgan fingerprint density at radius 1 is 1.16 bits per heavy atom. The molecule has 8 N–H and O–H groups in total. The molecular formula is C28H39N7OS. The standard InChI is InChI=1S/C28H39N7OS/c29-12-9-19-10-13-35(14-11-19)28(36)25(16-20-3-1-5-22(15-20)27(31)32)34-37-24-6-2-4-21(17-24)23-7-8-26(30)33-18-23/h1-6,15,17,19,23,25,34H,7-14,16,18,29H2,(H2,30,33)(H3,31,32). The molecule has 2 aromatic rings. The van der Waals surface area contributed by atoms with Crippen molar-refractivity contribution in [3.8, 4) is 0 Å². The van der Waals surface area contributed by atoms with E-state index in [9.17, 15) is 4.79 Å². The molecule has 0 saturated carbocycles. The molecule has 2 aliphatic rings. The van der Waals surface area contributed by atoms with E-state index < -0.39 is 6.04 Å². The highest BCUT2D eigenvalue weighted by Crippen LogP contribution is 2.28. The van der Waals surface area contributed by atoms with E-state index in [-0.39, 0.29) is 11.7 Å². The van der Waals surface area contributed by atoms with Crippen LogP contribution in [0.3, 0.4) is 0 Å². The van der Waals surface area contributed by atoms with Crippen molar-refractivity contribution in [2.75, 3.05) is 26.2 Å². The minimum absolute atomic E-state index is 0.0275. The van der Waals surface area contributed by atoms with Gasteiger partial charge in [0, 0.05) is 42.4 Å². The van der Waals surface area contributed by atoms with Gasteiger partial charge in [-0.1, -0.05) is 30.3 Å². The normalized spacial score (nSPS) is 19.3. The van der Waals surface area contributed by atoms with Crippen LogP contribution in [0, 0.1) is 11.3 Å². The Bertz CT molecular complexity index is 1110. The van der Waals surface area contributed by atoms with Crippen LogP contribution < -0.4 is 21.9 Å². The van der Waals surface area contributed by atoms with Crippen molar-refractivity contribution < 1.29 is 4.79 Å². The molecule has 0 aliphatic carbocycles. The second-order valence-corrected chi connectivity index (χ2v) is 11.0. The van der Waals surface area contributed by atoms with Crippen LogP contribution in [0.2, 0.25) is 0 Å². The maximum Gasteiger partial charge on any atom is 0.240 e. The molecule has 0 radical (unpaired) electrons. The Balaban J connectivity index is 1.47. The maximum atomic E-state index is 13.7. The SMILES string of the molecule is N=C(N)c1cccc(CC(NSc2cccc(C3CCC(N)=NC3)c2)C(=O)N2CCC(CCN)CC2)c1. The molecule has 2 aromatic carbocycles. The highest BCUT2D eigenvalue weighted by molar-refractivity contribution is 7.97. The van der Waals surface area contributed by atoms with Crippen LogP contribution in [0.4, 0.5) is 0 Å². The lowest BCUT2D eigenvalue weighted by Gasteiger charge is -2.34. The lowest BCUT2D eigenvalue weighted by molar-refractivity contribution is -0.134. The number of aliphatic imine (C=N–C) groups is 1. The van der Waals surface area contributed by atoms with Gasteiger partial charge in [0.15, 0.2) is 0 Å². The first-order valence-electron chi connectivity index (χ1n) is 13.2. The van der Waals surface area contributed by atoms with Crippen LogP contribution in [-0.4, -0.2) is 54.7 Å².